The first-order valence-corrected chi connectivity index (χ1v) is 5.91. The molecule has 6 heteroatoms. The summed E-state index contributed by atoms with van der Waals surface area (Å²) in [5.41, 5.74) is 1.62. The predicted octanol–water partition coefficient (Wildman–Crippen LogP) is 1.21. The second-order valence-electron chi connectivity index (χ2n) is 4.08. The van der Waals surface area contributed by atoms with Crippen molar-refractivity contribution in [1.29, 1.82) is 0 Å². The molecule has 0 saturated heterocycles. The van der Waals surface area contributed by atoms with Crippen molar-refractivity contribution in [1.82, 2.24) is 15.0 Å². The molecule has 6 nitrogen and oxygen atoms in total. The summed E-state index contributed by atoms with van der Waals surface area (Å²) in [7, 11) is 1.58. The zero-order valence-electron chi connectivity index (χ0n) is 10.6. The van der Waals surface area contributed by atoms with Gasteiger partial charge < -0.3 is 9.84 Å². The summed E-state index contributed by atoms with van der Waals surface area (Å²) in [4.78, 5) is 11.1. The Hall–Kier alpha value is -2.21. The Kier molecular flexibility index (Phi) is 4.25. The lowest BCUT2D eigenvalue weighted by Crippen LogP contribution is -2.11. The van der Waals surface area contributed by atoms with E-state index in [1.165, 1.54) is 0 Å². The first-order chi connectivity index (χ1) is 9.22. The molecule has 1 aromatic heterocycles. The van der Waals surface area contributed by atoms with Crippen LogP contribution in [0.4, 0.5) is 0 Å². The molecule has 1 aromatic carbocycles. The lowest BCUT2D eigenvalue weighted by Gasteiger charge is -2.06. The molecular weight excluding hydrogens is 246 g/mol. The Morgan fingerprint density at radius 1 is 1.37 bits per heavy atom. The van der Waals surface area contributed by atoms with Crippen molar-refractivity contribution >= 4 is 5.97 Å². The molecule has 0 atom stereocenters. The Bertz CT molecular complexity index is 552. The number of carboxylic acids is 1. The summed E-state index contributed by atoms with van der Waals surface area (Å²) in [5.74, 6) is -1.06. The highest BCUT2D eigenvalue weighted by atomic mass is 16.5. The lowest BCUT2D eigenvalue weighted by molar-refractivity contribution is 0.0688. The number of benzene rings is 1. The molecule has 0 aliphatic rings. The lowest BCUT2D eigenvalue weighted by atomic mass is 10.2. The third kappa shape index (κ3) is 3.17. The van der Waals surface area contributed by atoms with Crippen molar-refractivity contribution in [3.8, 4) is 0 Å². The Labute approximate surface area is 110 Å². The third-order valence-corrected chi connectivity index (χ3v) is 2.76. The molecule has 0 radical (unpaired) electrons. The second kappa shape index (κ2) is 6.10. The number of methoxy groups -OCH3 is 1. The summed E-state index contributed by atoms with van der Waals surface area (Å²) in [6.07, 6.45) is 0.470. The first-order valence-electron chi connectivity index (χ1n) is 5.91. The SMILES string of the molecule is COCCc1c(C(=O)O)nnn1Cc1ccccc1. The molecule has 0 aliphatic heterocycles. The smallest absolute Gasteiger partial charge is 0.358 e. The second-order valence-corrected chi connectivity index (χ2v) is 4.08. The normalized spacial score (nSPS) is 10.6. The standard InChI is InChI=1S/C13H15N3O3/c1-19-8-7-11-12(13(17)18)14-15-16(11)9-10-5-3-2-4-6-10/h2-6H,7-9H2,1H3,(H,17,18). The van der Waals surface area contributed by atoms with Crippen LogP contribution >= 0.6 is 0 Å². The van der Waals surface area contributed by atoms with Gasteiger partial charge >= 0.3 is 5.97 Å². The van der Waals surface area contributed by atoms with E-state index in [0.717, 1.165) is 5.56 Å². The largest absolute Gasteiger partial charge is 0.476 e. The molecule has 0 aliphatic carbocycles. The molecule has 0 amide bonds. The topological polar surface area (TPSA) is 77.2 Å². The maximum atomic E-state index is 11.1. The van der Waals surface area contributed by atoms with Crippen LogP contribution in [0.5, 0.6) is 0 Å². The molecule has 19 heavy (non-hydrogen) atoms. The third-order valence-electron chi connectivity index (χ3n) is 2.76. The van der Waals surface area contributed by atoms with E-state index in [1.54, 1.807) is 11.8 Å². The Morgan fingerprint density at radius 3 is 2.74 bits per heavy atom. The van der Waals surface area contributed by atoms with E-state index in [2.05, 4.69) is 10.3 Å². The van der Waals surface area contributed by atoms with E-state index in [0.29, 0.717) is 25.3 Å². The van der Waals surface area contributed by atoms with E-state index in [1.807, 2.05) is 30.3 Å². The molecule has 2 rings (SSSR count). The number of ether oxygens (including phenoxy) is 1. The fourth-order valence-corrected chi connectivity index (χ4v) is 1.83. The van der Waals surface area contributed by atoms with Gasteiger partial charge in [0.15, 0.2) is 5.69 Å². The highest BCUT2D eigenvalue weighted by molar-refractivity contribution is 5.86. The average Bonchev–Trinajstić information content (AvgIpc) is 2.80. The van der Waals surface area contributed by atoms with Crippen molar-refractivity contribution in [3.05, 3.63) is 47.3 Å². The van der Waals surface area contributed by atoms with Gasteiger partial charge in [-0.15, -0.1) is 5.10 Å². The monoisotopic (exact) mass is 261 g/mol. The maximum absolute atomic E-state index is 11.1. The van der Waals surface area contributed by atoms with Crippen LogP contribution in [0.3, 0.4) is 0 Å². The van der Waals surface area contributed by atoms with Crippen LogP contribution in [0, 0.1) is 0 Å². The van der Waals surface area contributed by atoms with Crippen LogP contribution in [-0.2, 0) is 17.7 Å². The van der Waals surface area contributed by atoms with Crippen LogP contribution in [-0.4, -0.2) is 39.8 Å². The van der Waals surface area contributed by atoms with Crippen molar-refractivity contribution in [2.75, 3.05) is 13.7 Å². The first kappa shape index (κ1) is 13.2. The number of carboxylic acid groups (broad SMARTS) is 1. The summed E-state index contributed by atoms with van der Waals surface area (Å²) >= 11 is 0. The minimum Gasteiger partial charge on any atom is -0.476 e. The van der Waals surface area contributed by atoms with Gasteiger partial charge in [-0.1, -0.05) is 35.5 Å². The molecule has 0 unspecified atom stereocenters. The summed E-state index contributed by atoms with van der Waals surface area (Å²) in [5, 5.41) is 16.7. The number of nitrogens with zero attached hydrogens (tertiary/aromatic N) is 3. The summed E-state index contributed by atoms with van der Waals surface area (Å²) < 4.78 is 6.60. The van der Waals surface area contributed by atoms with Crippen molar-refractivity contribution in [2.45, 2.75) is 13.0 Å². The predicted molar refractivity (Wildman–Crippen MR) is 68.1 cm³/mol. The van der Waals surface area contributed by atoms with E-state index < -0.39 is 5.97 Å². The van der Waals surface area contributed by atoms with Gasteiger partial charge in [0.25, 0.3) is 0 Å². The Morgan fingerprint density at radius 2 is 2.11 bits per heavy atom. The van der Waals surface area contributed by atoms with Gasteiger partial charge in [-0.2, -0.15) is 0 Å². The highest BCUT2D eigenvalue weighted by Crippen LogP contribution is 2.10. The number of rotatable bonds is 6. The van der Waals surface area contributed by atoms with E-state index in [4.69, 9.17) is 9.84 Å². The molecule has 0 spiro atoms. The molecule has 100 valence electrons. The molecule has 1 heterocycles. The van der Waals surface area contributed by atoms with Gasteiger partial charge in [-0.3, -0.25) is 0 Å². The van der Waals surface area contributed by atoms with Crippen LogP contribution in [0.25, 0.3) is 0 Å². The van der Waals surface area contributed by atoms with Gasteiger partial charge in [0.1, 0.15) is 0 Å². The fraction of sp³-hybridized carbons (Fsp3) is 0.308. The molecule has 2 aromatic rings. The van der Waals surface area contributed by atoms with Crippen LogP contribution < -0.4 is 0 Å². The minimum absolute atomic E-state index is 0.00650. The van der Waals surface area contributed by atoms with E-state index in [9.17, 15) is 4.79 Å². The van der Waals surface area contributed by atoms with Gasteiger partial charge in [-0.25, -0.2) is 9.48 Å². The maximum Gasteiger partial charge on any atom is 0.358 e. The number of aromatic nitrogens is 3. The van der Waals surface area contributed by atoms with Crippen LogP contribution in [0.15, 0.2) is 30.3 Å². The van der Waals surface area contributed by atoms with Crippen molar-refractivity contribution < 1.29 is 14.6 Å². The van der Waals surface area contributed by atoms with Gasteiger partial charge in [0.05, 0.1) is 18.8 Å². The molecule has 0 saturated carbocycles. The summed E-state index contributed by atoms with van der Waals surface area (Å²) in [6, 6.07) is 9.71. The van der Waals surface area contributed by atoms with E-state index >= 15 is 0 Å². The van der Waals surface area contributed by atoms with Crippen molar-refractivity contribution in [2.24, 2.45) is 0 Å². The number of hydrogen-bond donors (Lipinski definition) is 1. The minimum atomic E-state index is -1.06. The molecule has 0 bridgehead atoms. The summed E-state index contributed by atoms with van der Waals surface area (Å²) in [6.45, 7) is 0.933. The molecular formula is C13H15N3O3. The highest BCUT2D eigenvalue weighted by Gasteiger charge is 2.18. The quantitative estimate of drug-likeness (QED) is 0.845. The van der Waals surface area contributed by atoms with Gasteiger partial charge in [0, 0.05) is 13.5 Å². The average molecular weight is 261 g/mol. The zero-order valence-corrected chi connectivity index (χ0v) is 10.6. The van der Waals surface area contributed by atoms with Crippen LogP contribution in [0.2, 0.25) is 0 Å². The van der Waals surface area contributed by atoms with Crippen LogP contribution in [0.1, 0.15) is 21.7 Å². The van der Waals surface area contributed by atoms with Crippen molar-refractivity contribution in [3.63, 3.8) is 0 Å². The number of carbonyl (C=O) groups is 1. The Balaban J connectivity index is 2.26. The fourth-order valence-electron chi connectivity index (χ4n) is 1.83. The molecule has 1 N–H and O–H groups in total. The molecule has 0 fully saturated rings. The van der Waals surface area contributed by atoms with E-state index in [-0.39, 0.29) is 5.69 Å². The van der Waals surface area contributed by atoms with Gasteiger partial charge in [-0.05, 0) is 5.56 Å². The number of aromatic carboxylic acids is 1. The zero-order chi connectivity index (χ0) is 13.7. The van der Waals surface area contributed by atoms with Gasteiger partial charge in [0.2, 0.25) is 0 Å². The number of hydrogen-bond acceptors (Lipinski definition) is 4.